The Balaban J connectivity index is 2.88. The molecule has 0 spiro atoms. The summed E-state index contributed by atoms with van der Waals surface area (Å²) in [7, 11) is 0. The number of amides is 1. The van der Waals surface area contributed by atoms with Gasteiger partial charge in [-0.2, -0.15) is 0 Å². The molecule has 0 aromatic heterocycles. The summed E-state index contributed by atoms with van der Waals surface area (Å²) in [4.78, 5) is 14.3. The lowest BCUT2D eigenvalue weighted by Crippen LogP contribution is -2.54. The van der Waals surface area contributed by atoms with E-state index >= 15 is 0 Å². The van der Waals surface area contributed by atoms with Gasteiger partial charge in [-0.25, -0.2) is 0 Å². The van der Waals surface area contributed by atoms with E-state index in [-0.39, 0.29) is 30.1 Å². The monoisotopic (exact) mass is 228 g/mol. The molecule has 1 heterocycles. The topological polar surface area (TPSA) is 52.6 Å². The molecule has 0 aromatic carbocycles. The zero-order valence-corrected chi connectivity index (χ0v) is 10.8. The molecule has 1 fully saturated rings. The fraction of sp³-hybridized carbons (Fsp3) is 0.917. The Labute approximate surface area is 98.0 Å². The summed E-state index contributed by atoms with van der Waals surface area (Å²) in [5.74, 6) is 0.117. The molecule has 0 aromatic rings. The number of aliphatic hydroxyl groups is 1. The van der Waals surface area contributed by atoms with Crippen LogP contribution in [0.25, 0.3) is 0 Å². The van der Waals surface area contributed by atoms with E-state index in [1.165, 1.54) is 0 Å². The summed E-state index contributed by atoms with van der Waals surface area (Å²) in [6, 6.07) is 0.0258. The average molecular weight is 228 g/mol. The van der Waals surface area contributed by atoms with Gasteiger partial charge in [-0.1, -0.05) is 0 Å². The number of hydrogen-bond acceptors (Lipinski definition) is 3. The standard InChI is InChI=1S/C12H24N2O2/c1-9-5-7-13-10(6-8-15)11(16)14(9)12(2,3)4/h9-10,13,15H,5-8H2,1-4H3. The second-order valence-electron chi connectivity index (χ2n) is 5.54. The quantitative estimate of drug-likeness (QED) is 0.733. The van der Waals surface area contributed by atoms with Crippen LogP contribution in [0.5, 0.6) is 0 Å². The lowest BCUT2D eigenvalue weighted by molar-refractivity contribution is -0.140. The first kappa shape index (κ1) is 13.5. The lowest BCUT2D eigenvalue weighted by atomic mass is 10.0. The molecule has 1 rings (SSSR count). The Morgan fingerprint density at radius 3 is 2.62 bits per heavy atom. The van der Waals surface area contributed by atoms with Gasteiger partial charge in [0.1, 0.15) is 0 Å². The van der Waals surface area contributed by atoms with Crippen LogP contribution in [-0.4, -0.2) is 46.7 Å². The molecular formula is C12H24N2O2. The Bertz CT molecular complexity index is 248. The van der Waals surface area contributed by atoms with Crippen LogP contribution < -0.4 is 5.32 Å². The average Bonchev–Trinajstić information content (AvgIpc) is 2.26. The van der Waals surface area contributed by atoms with Crippen molar-refractivity contribution in [3.63, 3.8) is 0 Å². The molecule has 0 saturated carbocycles. The predicted octanol–water partition coefficient (Wildman–Crippen LogP) is 0.746. The molecular weight excluding hydrogens is 204 g/mol. The molecule has 1 amide bonds. The first-order valence-corrected chi connectivity index (χ1v) is 6.05. The molecule has 2 unspecified atom stereocenters. The first-order valence-electron chi connectivity index (χ1n) is 6.05. The fourth-order valence-corrected chi connectivity index (χ4v) is 2.41. The molecule has 16 heavy (non-hydrogen) atoms. The van der Waals surface area contributed by atoms with Crippen molar-refractivity contribution in [1.82, 2.24) is 10.2 Å². The Morgan fingerprint density at radius 2 is 2.12 bits per heavy atom. The Morgan fingerprint density at radius 1 is 1.50 bits per heavy atom. The van der Waals surface area contributed by atoms with Gasteiger partial charge < -0.3 is 15.3 Å². The summed E-state index contributed by atoms with van der Waals surface area (Å²) in [6.45, 7) is 9.15. The van der Waals surface area contributed by atoms with Crippen molar-refractivity contribution in [3.8, 4) is 0 Å². The largest absolute Gasteiger partial charge is 0.396 e. The summed E-state index contributed by atoms with van der Waals surface area (Å²) in [6.07, 6.45) is 1.46. The zero-order chi connectivity index (χ0) is 12.3. The fourth-order valence-electron chi connectivity index (χ4n) is 2.41. The van der Waals surface area contributed by atoms with Crippen LogP contribution in [0.2, 0.25) is 0 Å². The van der Waals surface area contributed by atoms with Crippen molar-refractivity contribution in [1.29, 1.82) is 0 Å². The minimum absolute atomic E-state index is 0.0514. The predicted molar refractivity (Wildman–Crippen MR) is 64.2 cm³/mol. The van der Waals surface area contributed by atoms with Crippen LogP contribution in [0.15, 0.2) is 0 Å². The van der Waals surface area contributed by atoms with Gasteiger partial charge in [-0.05, 0) is 47.1 Å². The third kappa shape index (κ3) is 2.95. The molecule has 94 valence electrons. The number of hydrogen-bond donors (Lipinski definition) is 2. The number of rotatable bonds is 2. The number of carbonyl (C=O) groups is 1. The highest BCUT2D eigenvalue weighted by Gasteiger charge is 2.36. The lowest BCUT2D eigenvalue weighted by Gasteiger charge is -2.40. The number of aliphatic hydroxyl groups excluding tert-OH is 1. The van der Waals surface area contributed by atoms with Crippen LogP contribution in [0.1, 0.15) is 40.5 Å². The van der Waals surface area contributed by atoms with Crippen LogP contribution in [0.3, 0.4) is 0 Å². The van der Waals surface area contributed by atoms with Gasteiger partial charge >= 0.3 is 0 Å². The summed E-state index contributed by atoms with van der Waals surface area (Å²) in [5.41, 5.74) is -0.157. The molecule has 0 radical (unpaired) electrons. The minimum atomic E-state index is -0.228. The Hall–Kier alpha value is -0.610. The minimum Gasteiger partial charge on any atom is -0.396 e. The molecule has 1 saturated heterocycles. The van der Waals surface area contributed by atoms with Crippen LogP contribution in [0.4, 0.5) is 0 Å². The van der Waals surface area contributed by atoms with Crippen LogP contribution in [-0.2, 0) is 4.79 Å². The van der Waals surface area contributed by atoms with E-state index in [1.54, 1.807) is 0 Å². The summed E-state index contributed by atoms with van der Waals surface area (Å²) < 4.78 is 0. The smallest absolute Gasteiger partial charge is 0.240 e. The molecule has 1 aliphatic rings. The normalized spacial score (nSPS) is 28.1. The zero-order valence-electron chi connectivity index (χ0n) is 10.8. The van der Waals surface area contributed by atoms with E-state index in [1.807, 2.05) is 4.90 Å². The van der Waals surface area contributed by atoms with Crippen molar-refractivity contribution in [2.45, 2.75) is 58.2 Å². The van der Waals surface area contributed by atoms with Gasteiger partial charge in [-0.3, -0.25) is 4.79 Å². The van der Waals surface area contributed by atoms with Gasteiger partial charge in [-0.15, -0.1) is 0 Å². The van der Waals surface area contributed by atoms with Crippen LogP contribution in [0, 0.1) is 0 Å². The molecule has 4 heteroatoms. The van der Waals surface area contributed by atoms with E-state index in [2.05, 4.69) is 33.0 Å². The SMILES string of the molecule is CC1CCNC(CCO)C(=O)N1C(C)(C)C. The number of nitrogens with zero attached hydrogens (tertiary/aromatic N) is 1. The second kappa shape index (κ2) is 5.15. The molecule has 1 aliphatic heterocycles. The highest BCUT2D eigenvalue weighted by molar-refractivity contribution is 5.83. The van der Waals surface area contributed by atoms with Gasteiger partial charge in [0.2, 0.25) is 5.91 Å². The van der Waals surface area contributed by atoms with Crippen molar-refractivity contribution in [2.75, 3.05) is 13.2 Å². The maximum absolute atomic E-state index is 12.3. The summed E-state index contributed by atoms with van der Waals surface area (Å²) in [5, 5.41) is 12.2. The van der Waals surface area contributed by atoms with Crippen molar-refractivity contribution in [3.05, 3.63) is 0 Å². The molecule has 0 aliphatic carbocycles. The maximum atomic E-state index is 12.3. The van der Waals surface area contributed by atoms with Crippen molar-refractivity contribution in [2.24, 2.45) is 0 Å². The molecule has 2 atom stereocenters. The molecule has 2 N–H and O–H groups in total. The van der Waals surface area contributed by atoms with E-state index in [9.17, 15) is 4.79 Å². The molecule has 4 nitrogen and oxygen atoms in total. The van der Waals surface area contributed by atoms with E-state index < -0.39 is 0 Å². The first-order chi connectivity index (χ1) is 7.38. The highest BCUT2D eigenvalue weighted by atomic mass is 16.3. The van der Waals surface area contributed by atoms with E-state index in [4.69, 9.17) is 5.11 Å². The van der Waals surface area contributed by atoms with Gasteiger partial charge in [0, 0.05) is 18.2 Å². The maximum Gasteiger partial charge on any atom is 0.240 e. The van der Waals surface area contributed by atoms with E-state index in [0.29, 0.717) is 6.42 Å². The Kier molecular flexibility index (Phi) is 4.33. The molecule has 0 bridgehead atoms. The number of carbonyl (C=O) groups excluding carboxylic acids is 1. The number of nitrogens with one attached hydrogen (secondary N) is 1. The van der Waals surface area contributed by atoms with Gasteiger partial charge in [0.05, 0.1) is 6.04 Å². The van der Waals surface area contributed by atoms with Crippen molar-refractivity contribution >= 4 is 5.91 Å². The van der Waals surface area contributed by atoms with Crippen LogP contribution >= 0.6 is 0 Å². The van der Waals surface area contributed by atoms with E-state index in [0.717, 1.165) is 13.0 Å². The second-order valence-corrected chi connectivity index (χ2v) is 5.54. The summed E-state index contributed by atoms with van der Waals surface area (Å²) >= 11 is 0. The highest BCUT2D eigenvalue weighted by Crippen LogP contribution is 2.22. The van der Waals surface area contributed by atoms with Gasteiger partial charge in [0.25, 0.3) is 0 Å². The van der Waals surface area contributed by atoms with Crippen molar-refractivity contribution < 1.29 is 9.90 Å². The third-order valence-electron chi connectivity index (χ3n) is 3.07. The third-order valence-corrected chi connectivity index (χ3v) is 3.07. The van der Waals surface area contributed by atoms with Gasteiger partial charge in [0.15, 0.2) is 0 Å².